The highest BCUT2D eigenvalue weighted by Gasteiger charge is 2.45. The Labute approximate surface area is 234 Å². The zero-order valence-electron chi connectivity index (χ0n) is 21.5. The summed E-state index contributed by atoms with van der Waals surface area (Å²) < 4.78 is 0. The van der Waals surface area contributed by atoms with E-state index in [1.54, 1.807) is 0 Å². The van der Waals surface area contributed by atoms with Gasteiger partial charge >= 0.3 is 0 Å². The predicted molar refractivity (Wildman–Crippen MR) is 167 cm³/mol. The van der Waals surface area contributed by atoms with Crippen molar-refractivity contribution in [3.63, 3.8) is 0 Å². The SMILES string of the molecule is SC1=C2C=CC=C3c4c(-c5ccccc5)c5c(c(-c6ccccc6)c4C(C=C1)C32)C1=c2c-5cccc2=CCC1. The molecule has 0 radical (unpaired) electrons. The molecule has 0 heterocycles. The van der Waals surface area contributed by atoms with E-state index < -0.39 is 0 Å². The maximum atomic E-state index is 4.93. The summed E-state index contributed by atoms with van der Waals surface area (Å²) in [6.45, 7) is 0. The van der Waals surface area contributed by atoms with Crippen LogP contribution in [0.25, 0.3) is 50.6 Å². The summed E-state index contributed by atoms with van der Waals surface area (Å²) >= 11 is 4.93. The second kappa shape index (κ2) is 7.97. The van der Waals surface area contributed by atoms with Crippen LogP contribution in [0.5, 0.6) is 0 Å². The molecule has 0 amide bonds. The van der Waals surface area contributed by atoms with Crippen LogP contribution < -0.4 is 10.4 Å². The molecule has 9 rings (SSSR count). The van der Waals surface area contributed by atoms with Crippen LogP contribution in [0.15, 0.2) is 120 Å². The van der Waals surface area contributed by atoms with E-state index in [9.17, 15) is 0 Å². The van der Waals surface area contributed by atoms with Crippen LogP contribution in [0.1, 0.15) is 35.4 Å². The van der Waals surface area contributed by atoms with Gasteiger partial charge in [-0.15, -0.1) is 12.6 Å². The Morgan fingerprint density at radius 1 is 0.692 bits per heavy atom. The molecule has 0 saturated carbocycles. The first-order valence-electron chi connectivity index (χ1n) is 14.0. The number of rotatable bonds is 2. The molecule has 5 aliphatic carbocycles. The molecule has 4 aromatic carbocycles. The fourth-order valence-electron chi connectivity index (χ4n) is 7.97. The van der Waals surface area contributed by atoms with E-state index in [0.717, 1.165) is 17.7 Å². The maximum absolute atomic E-state index is 4.93. The molecule has 0 bridgehead atoms. The lowest BCUT2D eigenvalue weighted by molar-refractivity contribution is 0.720. The molecule has 1 heteroatoms. The lowest BCUT2D eigenvalue weighted by atomic mass is 9.76. The number of hydrogen-bond donors (Lipinski definition) is 1. The first-order chi connectivity index (χ1) is 19.3. The van der Waals surface area contributed by atoms with Crippen LogP contribution in [0.4, 0.5) is 0 Å². The maximum Gasteiger partial charge on any atom is 0.0211 e. The molecule has 4 aromatic rings. The number of allylic oxidation sites excluding steroid dienone is 7. The van der Waals surface area contributed by atoms with Crippen molar-refractivity contribution in [2.45, 2.75) is 18.8 Å². The van der Waals surface area contributed by atoms with Gasteiger partial charge in [0.05, 0.1) is 0 Å². The van der Waals surface area contributed by atoms with Gasteiger partial charge in [0.15, 0.2) is 0 Å². The first kappa shape index (κ1) is 21.8. The Morgan fingerprint density at radius 3 is 2.26 bits per heavy atom. The number of hydrogen-bond acceptors (Lipinski definition) is 1. The van der Waals surface area contributed by atoms with Crippen LogP contribution in [0, 0.1) is 5.92 Å². The van der Waals surface area contributed by atoms with Crippen LogP contribution in [-0.4, -0.2) is 0 Å². The van der Waals surface area contributed by atoms with E-state index in [1.165, 1.54) is 77.2 Å². The largest absolute Gasteiger partial charge is 0.143 e. The number of fused-ring (bicyclic) bond motifs is 6. The highest BCUT2D eigenvalue weighted by Crippen LogP contribution is 2.63. The van der Waals surface area contributed by atoms with Crippen molar-refractivity contribution in [3.05, 3.63) is 147 Å². The lowest BCUT2D eigenvalue weighted by Crippen LogP contribution is -2.28. The van der Waals surface area contributed by atoms with E-state index in [-0.39, 0.29) is 0 Å². The van der Waals surface area contributed by atoms with Crippen LogP contribution in [-0.2, 0) is 0 Å². The molecule has 5 aliphatic rings. The zero-order chi connectivity index (χ0) is 25.7. The molecule has 0 aromatic heterocycles. The van der Waals surface area contributed by atoms with Gasteiger partial charge in [-0.1, -0.05) is 115 Å². The zero-order valence-corrected chi connectivity index (χ0v) is 22.4. The summed E-state index contributed by atoms with van der Waals surface area (Å²) in [6.07, 6.45) is 16.2. The van der Waals surface area contributed by atoms with Crippen molar-refractivity contribution in [1.82, 2.24) is 0 Å². The molecule has 0 N–H and O–H groups in total. The van der Waals surface area contributed by atoms with Gasteiger partial charge in [0.2, 0.25) is 0 Å². The minimum atomic E-state index is 0.295. The summed E-state index contributed by atoms with van der Waals surface area (Å²) in [7, 11) is 0. The molecule has 39 heavy (non-hydrogen) atoms. The van der Waals surface area contributed by atoms with E-state index in [1.807, 2.05) is 0 Å². The molecule has 0 fully saturated rings. The van der Waals surface area contributed by atoms with Crippen LogP contribution >= 0.6 is 12.6 Å². The van der Waals surface area contributed by atoms with Crippen molar-refractivity contribution >= 4 is 29.9 Å². The van der Waals surface area contributed by atoms with E-state index in [0.29, 0.717) is 11.8 Å². The summed E-state index contributed by atoms with van der Waals surface area (Å²) in [4.78, 5) is 1.09. The Kier molecular flexibility index (Phi) is 4.46. The molecular formula is C38H26S. The van der Waals surface area contributed by atoms with Gasteiger partial charge in [-0.05, 0) is 90.1 Å². The topological polar surface area (TPSA) is 0 Å². The van der Waals surface area contributed by atoms with Crippen molar-refractivity contribution in [3.8, 4) is 33.4 Å². The van der Waals surface area contributed by atoms with Crippen molar-refractivity contribution in [1.29, 1.82) is 0 Å². The molecule has 2 atom stereocenters. The van der Waals surface area contributed by atoms with E-state index in [4.69, 9.17) is 12.6 Å². The molecular weight excluding hydrogens is 488 g/mol. The third-order valence-corrected chi connectivity index (χ3v) is 9.76. The standard InChI is InChI=1S/C38H26S/c39-30-21-20-29-34-25(30)16-9-19-28(34)37-32(23-10-3-1-4-11-23)35-26-17-7-14-22-15-8-18-27(31(22)26)36(35)33(38(29)37)24-12-5-2-6-13-24/h1-7,9-17,19-21,29,34,39H,8,18H2. The molecule has 0 nitrogen and oxygen atoms in total. The minimum absolute atomic E-state index is 0.295. The van der Waals surface area contributed by atoms with Gasteiger partial charge in [0.25, 0.3) is 0 Å². The van der Waals surface area contributed by atoms with Crippen LogP contribution in [0.3, 0.4) is 0 Å². The first-order valence-corrected chi connectivity index (χ1v) is 14.4. The highest BCUT2D eigenvalue weighted by atomic mass is 32.1. The Balaban J connectivity index is 1.54. The Bertz CT molecular complexity index is 2000. The molecule has 2 unspecified atom stereocenters. The third-order valence-electron chi connectivity index (χ3n) is 9.35. The molecule has 0 spiro atoms. The monoisotopic (exact) mass is 514 g/mol. The van der Waals surface area contributed by atoms with Gasteiger partial charge in [0.1, 0.15) is 0 Å². The second-order valence-electron chi connectivity index (χ2n) is 11.2. The van der Waals surface area contributed by atoms with Crippen molar-refractivity contribution in [2.24, 2.45) is 5.92 Å². The minimum Gasteiger partial charge on any atom is -0.143 e. The average molecular weight is 515 g/mol. The summed E-state index contributed by atoms with van der Waals surface area (Å²) in [5.41, 5.74) is 17.0. The Hall–Kier alpha value is -4.07. The fraction of sp³-hybridized carbons (Fsp3) is 0.105. The van der Waals surface area contributed by atoms with E-state index >= 15 is 0 Å². The summed E-state index contributed by atoms with van der Waals surface area (Å²) in [5, 5.41) is 2.85. The van der Waals surface area contributed by atoms with Crippen LogP contribution in [0.2, 0.25) is 0 Å². The van der Waals surface area contributed by atoms with Crippen molar-refractivity contribution < 1.29 is 0 Å². The normalized spacial score (nSPS) is 20.7. The highest BCUT2D eigenvalue weighted by molar-refractivity contribution is 7.84. The van der Waals surface area contributed by atoms with Gasteiger partial charge in [-0.2, -0.15) is 0 Å². The smallest absolute Gasteiger partial charge is 0.0211 e. The second-order valence-corrected chi connectivity index (χ2v) is 11.7. The average Bonchev–Trinajstić information content (AvgIpc) is 3.50. The summed E-state index contributed by atoms with van der Waals surface area (Å²) in [5.74, 6) is 0.606. The summed E-state index contributed by atoms with van der Waals surface area (Å²) in [6, 6.07) is 29.2. The lowest BCUT2D eigenvalue weighted by Gasteiger charge is -2.28. The fourth-order valence-corrected chi connectivity index (χ4v) is 8.27. The van der Waals surface area contributed by atoms with E-state index in [2.05, 4.69) is 115 Å². The molecule has 0 saturated heterocycles. The third kappa shape index (κ3) is 2.81. The van der Waals surface area contributed by atoms with Gasteiger partial charge in [-0.3, -0.25) is 0 Å². The predicted octanol–water partition coefficient (Wildman–Crippen LogP) is 8.19. The van der Waals surface area contributed by atoms with Crippen molar-refractivity contribution in [2.75, 3.05) is 0 Å². The van der Waals surface area contributed by atoms with Gasteiger partial charge in [0, 0.05) is 16.7 Å². The van der Waals surface area contributed by atoms with Gasteiger partial charge in [-0.25, -0.2) is 0 Å². The quantitative estimate of drug-likeness (QED) is 0.256. The number of benzene rings is 4. The molecule has 184 valence electrons. The molecule has 0 aliphatic heterocycles. The number of thiol groups is 1. The van der Waals surface area contributed by atoms with Gasteiger partial charge < -0.3 is 0 Å². The Morgan fingerprint density at radius 2 is 1.46 bits per heavy atom.